The molecule has 0 bridgehead atoms. The molecule has 1 fully saturated rings. The predicted octanol–water partition coefficient (Wildman–Crippen LogP) is 3.25. The largest absolute Gasteiger partial charge is 0.503 e. The third-order valence-corrected chi connectivity index (χ3v) is 4.13. The van der Waals surface area contributed by atoms with Gasteiger partial charge in [0, 0.05) is 0 Å². The Morgan fingerprint density at radius 2 is 1.96 bits per heavy atom. The molecule has 0 atom stereocenters. The first kappa shape index (κ1) is 17.8. The minimum Gasteiger partial charge on any atom is -0.503 e. The van der Waals surface area contributed by atoms with E-state index >= 15 is 0 Å². The second kappa shape index (κ2) is 7.81. The summed E-state index contributed by atoms with van der Waals surface area (Å²) in [6.45, 7) is 3.78. The van der Waals surface area contributed by atoms with Crippen LogP contribution in [0.1, 0.15) is 30.4 Å². The van der Waals surface area contributed by atoms with Crippen molar-refractivity contribution >= 4 is 17.5 Å². The summed E-state index contributed by atoms with van der Waals surface area (Å²) in [5, 5.41) is 0. The Morgan fingerprint density at radius 1 is 1.25 bits per heavy atom. The summed E-state index contributed by atoms with van der Waals surface area (Å²) in [6.07, 6.45) is 5.36. The second-order valence-electron chi connectivity index (χ2n) is 5.77. The molecule has 5 nitrogen and oxygen atoms in total. The second-order valence-corrected chi connectivity index (χ2v) is 5.77. The molecule has 1 aliphatic rings. The normalized spacial score (nSPS) is 15.3. The molecule has 5 heteroatoms. The van der Waals surface area contributed by atoms with Gasteiger partial charge in [0.2, 0.25) is 0 Å². The third-order valence-electron chi connectivity index (χ3n) is 4.13. The molecule has 1 saturated carbocycles. The molecule has 0 spiro atoms. The van der Waals surface area contributed by atoms with Crippen molar-refractivity contribution in [2.24, 2.45) is 5.41 Å². The highest BCUT2D eigenvalue weighted by molar-refractivity contribution is 6.16. The lowest BCUT2D eigenvalue weighted by Crippen LogP contribution is -2.19. The number of rotatable bonds is 8. The molecule has 0 amide bonds. The first-order valence-electron chi connectivity index (χ1n) is 7.75. The van der Waals surface area contributed by atoms with Crippen LogP contribution in [0.3, 0.4) is 0 Å². The van der Waals surface area contributed by atoms with Gasteiger partial charge in [0.15, 0.2) is 0 Å². The number of carbonyl (C=O) groups excluding carboxylic acids is 2. The van der Waals surface area contributed by atoms with Gasteiger partial charge >= 0.3 is 11.9 Å². The van der Waals surface area contributed by atoms with E-state index in [1.807, 2.05) is 12.1 Å². The number of methoxy groups -OCH3 is 2. The fourth-order valence-corrected chi connectivity index (χ4v) is 2.57. The smallest absolute Gasteiger partial charge is 0.341 e. The molecule has 1 aliphatic carbocycles. The summed E-state index contributed by atoms with van der Waals surface area (Å²) in [5.41, 5.74) is 1.21. The molecule has 128 valence electrons. The molecule has 1 aromatic rings. The minimum absolute atomic E-state index is 0.0892. The lowest BCUT2D eigenvalue weighted by atomic mass is 10.0. The molecule has 0 unspecified atom stereocenters. The van der Waals surface area contributed by atoms with Crippen molar-refractivity contribution in [3.8, 4) is 0 Å². The Bertz CT molecular complexity index is 655. The van der Waals surface area contributed by atoms with Gasteiger partial charge in [0.1, 0.15) is 12.2 Å². The van der Waals surface area contributed by atoms with E-state index in [-0.39, 0.29) is 18.1 Å². The number of esters is 2. The highest BCUT2D eigenvalue weighted by Gasteiger charge is 2.50. The van der Waals surface area contributed by atoms with E-state index in [1.165, 1.54) is 20.5 Å². The van der Waals surface area contributed by atoms with E-state index in [9.17, 15) is 9.59 Å². The van der Waals surface area contributed by atoms with Gasteiger partial charge in [-0.2, -0.15) is 0 Å². The van der Waals surface area contributed by atoms with Crippen molar-refractivity contribution in [3.05, 3.63) is 54.3 Å². The molecule has 0 aliphatic heterocycles. The van der Waals surface area contributed by atoms with E-state index in [0.717, 1.165) is 12.8 Å². The van der Waals surface area contributed by atoms with Gasteiger partial charge in [0.25, 0.3) is 0 Å². The van der Waals surface area contributed by atoms with Crippen molar-refractivity contribution in [1.29, 1.82) is 0 Å². The van der Waals surface area contributed by atoms with Gasteiger partial charge < -0.3 is 14.2 Å². The molecule has 24 heavy (non-hydrogen) atoms. The van der Waals surface area contributed by atoms with Crippen LogP contribution in [0.2, 0.25) is 0 Å². The average molecular weight is 330 g/mol. The number of hydrogen-bond donors (Lipinski definition) is 0. The van der Waals surface area contributed by atoms with E-state index in [2.05, 4.69) is 6.58 Å². The first-order chi connectivity index (χ1) is 11.6. The number of carbonyl (C=O) groups is 2. The maximum atomic E-state index is 12.3. The Hall–Kier alpha value is -2.56. The maximum Gasteiger partial charge on any atom is 0.341 e. The van der Waals surface area contributed by atoms with Crippen molar-refractivity contribution in [2.75, 3.05) is 14.2 Å². The van der Waals surface area contributed by atoms with Crippen molar-refractivity contribution in [1.82, 2.24) is 0 Å². The Labute approximate surface area is 141 Å². The van der Waals surface area contributed by atoms with Crippen LogP contribution < -0.4 is 0 Å². The standard InChI is InChI=1S/C19H22O5/c1-4-9-19(10-11-19)18(21)24-12-14-7-5-6-8-15(14)16(13-22-2)17(20)23-3/h4-8,13H,1,9-12H2,2-3H3. The van der Waals surface area contributed by atoms with Crippen LogP contribution in [0.4, 0.5) is 0 Å². The van der Waals surface area contributed by atoms with E-state index in [0.29, 0.717) is 17.5 Å². The van der Waals surface area contributed by atoms with E-state index < -0.39 is 11.4 Å². The SMILES string of the molecule is C=CCC1(C(=O)OCc2ccccc2C(=COC)C(=O)OC)CC1. The summed E-state index contributed by atoms with van der Waals surface area (Å²) < 4.78 is 15.2. The molecular formula is C19H22O5. The average Bonchev–Trinajstić information content (AvgIpc) is 3.38. The monoisotopic (exact) mass is 330 g/mol. The predicted molar refractivity (Wildman–Crippen MR) is 89.7 cm³/mol. The molecule has 0 aromatic heterocycles. The van der Waals surface area contributed by atoms with Gasteiger partial charge in [-0.25, -0.2) is 4.79 Å². The Balaban J connectivity index is 2.17. The first-order valence-corrected chi connectivity index (χ1v) is 7.75. The van der Waals surface area contributed by atoms with Crippen LogP contribution in [-0.2, 0) is 30.4 Å². The molecule has 2 rings (SSSR count). The zero-order chi connectivity index (χ0) is 17.6. The van der Waals surface area contributed by atoms with Gasteiger partial charge in [0.05, 0.1) is 25.9 Å². The number of benzene rings is 1. The zero-order valence-electron chi connectivity index (χ0n) is 14.0. The molecule has 0 radical (unpaired) electrons. The Morgan fingerprint density at radius 3 is 2.54 bits per heavy atom. The highest BCUT2D eigenvalue weighted by atomic mass is 16.5. The van der Waals surface area contributed by atoms with Crippen molar-refractivity contribution in [3.63, 3.8) is 0 Å². The lowest BCUT2D eigenvalue weighted by Gasteiger charge is -2.15. The van der Waals surface area contributed by atoms with E-state index in [1.54, 1.807) is 18.2 Å². The zero-order valence-corrected chi connectivity index (χ0v) is 14.0. The van der Waals surface area contributed by atoms with Gasteiger partial charge in [-0.3, -0.25) is 4.79 Å². The summed E-state index contributed by atoms with van der Waals surface area (Å²) in [5.74, 6) is -0.728. The summed E-state index contributed by atoms with van der Waals surface area (Å²) >= 11 is 0. The van der Waals surface area contributed by atoms with Gasteiger partial charge in [-0.05, 0) is 30.4 Å². The summed E-state index contributed by atoms with van der Waals surface area (Å²) in [4.78, 5) is 24.2. The van der Waals surface area contributed by atoms with Gasteiger partial charge in [-0.1, -0.05) is 30.3 Å². The Kier molecular flexibility index (Phi) is 5.79. The molecule has 0 saturated heterocycles. The van der Waals surface area contributed by atoms with Crippen LogP contribution >= 0.6 is 0 Å². The number of allylic oxidation sites excluding steroid dienone is 1. The third kappa shape index (κ3) is 3.85. The molecular weight excluding hydrogens is 308 g/mol. The lowest BCUT2D eigenvalue weighted by molar-refractivity contribution is -0.151. The van der Waals surface area contributed by atoms with Crippen LogP contribution in [-0.4, -0.2) is 26.2 Å². The minimum atomic E-state index is -0.513. The fraction of sp³-hybridized carbons (Fsp3) is 0.368. The topological polar surface area (TPSA) is 61.8 Å². The fourth-order valence-electron chi connectivity index (χ4n) is 2.57. The summed E-state index contributed by atoms with van der Waals surface area (Å²) in [6, 6.07) is 7.20. The molecule has 0 N–H and O–H groups in total. The summed E-state index contributed by atoms with van der Waals surface area (Å²) in [7, 11) is 2.76. The van der Waals surface area contributed by atoms with Crippen LogP contribution in [0.15, 0.2) is 43.2 Å². The maximum absolute atomic E-state index is 12.3. The highest BCUT2D eigenvalue weighted by Crippen LogP contribution is 2.50. The van der Waals surface area contributed by atoms with E-state index in [4.69, 9.17) is 14.2 Å². The molecule has 0 heterocycles. The van der Waals surface area contributed by atoms with Crippen molar-refractivity contribution < 1.29 is 23.8 Å². The van der Waals surface area contributed by atoms with Crippen LogP contribution in [0, 0.1) is 5.41 Å². The van der Waals surface area contributed by atoms with Crippen molar-refractivity contribution in [2.45, 2.75) is 25.9 Å². The number of hydrogen-bond acceptors (Lipinski definition) is 5. The number of ether oxygens (including phenoxy) is 3. The van der Waals surface area contributed by atoms with Crippen LogP contribution in [0.25, 0.3) is 5.57 Å². The quantitative estimate of drug-likeness (QED) is 0.317. The molecule has 1 aromatic carbocycles. The van der Waals surface area contributed by atoms with Crippen LogP contribution in [0.5, 0.6) is 0 Å². The van der Waals surface area contributed by atoms with Gasteiger partial charge in [-0.15, -0.1) is 6.58 Å².